The molecule has 0 saturated heterocycles. The summed E-state index contributed by atoms with van der Waals surface area (Å²) in [6.45, 7) is 6.41. The summed E-state index contributed by atoms with van der Waals surface area (Å²) in [5, 5.41) is 14.1. The maximum atomic E-state index is 11.5. The molecule has 2 amide bonds. The van der Waals surface area contributed by atoms with Gasteiger partial charge >= 0.3 is 12.0 Å². The average molecular weight is 244 g/mol. The topological polar surface area (TPSA) is 78.4 Å². The van der Waals surface area contributed by atoms with Crippen molar-refractivity contribution in [2.24, 2.45) is 0 Å². The molecule has 5 nitrogen and oxygen atoms in total. The van der Waals surface area contributed by atoms with Gasteiger partial charge in [0.05, 0.1) is 0 Å². The van der Waals surface area contributed by atoms with Gasteiger partial charge in [-0.25, -0.2) is 4.79 Å². The van der Waals surface area contributed by atoms with E-state index in [0.29, 0.717) is 13.0 Å². The molecule has 0 radical (unpaired) electrons. The number of amides is 2. The average Bonchev–Trinajstić information content (AvgIpc) is 2.21. The molecule has 0 aliphatic carbocycles. The third-order valence-corrected chi connectivity index (χ3v) is 2.48. The van der Waals surface area contributed by atoms with Crippen LogP contribution in [0.15, 0.2) is 0 Å². The van der Waals surface area contributed by atoms with Crippen LogP contribution in [-0.2, 0) is 4.79 Å². The van der Waals surface area contributed by atoms with Crippen molar-refractivity contribution in [2.75, 3.05) is 6.54 Å². The summed E-state index contributed by atoms with van der Waals surface area (Å²) < 4.78 is 0. The van der Waals surface area contributed by atoms with Crippen LogP contribution in [0.4, 0.5) is 4.79 Å². The molecule has 0 bridgehead atoms. The second kappa shape index (κ2) is 7.92. The van der Waals surface area contributed by atoms with Gasteiger partial charge in [0.1, 0.15) is 0 Å². The van der Waals surface area contributed by atoms with Gasteiger partial charge in [-0.3, -0.25) is 4.79 Å². The molecule has 0 aromatic rings. The van der Waals surface area contributed by atoms with Crippen molar-refractivity contribution in [3.05, 3.63) is 0 Å². The van der Waals surface area contributed by atoms with Crippen molar-refractivity contribution >= 4 is 12.0 Å². The molecule has 0 unspecified atom stereocenters. The zero-order chi connectivity index (χ0) is 13.3. The Kier molecular flexibility index (Phi) is 7.34. The van der Waals surface area contributed by atoms with Crippen LogP contribution in [-0.4, -0.2) is 29.2 Å². The van der Waals surface area contributed by atoms with E-state index in [1.54, 1.807) is 0 Å². The lowest BCUT2D eigenvalue weighted by Gasteiger charge is -2.25. The molecule has 17 heavy (non-hydrogen) atoms. The standard InChI is InChI=1S/C12H24N2O3/c1-4-5-6-9-13-11(17)14-12(2,3)8-7-10(15)16/h4-9H2,1-3H3,(H,15,16)(H2,13,14,17). The van der Waals surface area contributed by atoms with E-state index in [2.05, 4.69) is 17.6 Å². The summed E-state index contributed by atoms with van der Waals surface area (Å²) in [7, 11) is 0. The van der Waals surface area contributed by atoms with Gasteiger partial charge in [-0.1, -0.05) is 19.8 Å². The van der Waals surface area contributed by atoms with Gasteiger partial charge < -0.3 is 15.7 Å². The van der Waals surface area contributed by atoms with E-state index in [-0.39, 0.29) is 12.5 Å². The molecule has 0 aromatic carbocycles. The monoisotopic (exact) mass is 244 g/mol. The number of unbranched alkanes of at least 4 members (excludes halogenated alkanes) is 2. The Morgan fingerprint density at radius 2 is 1.88 bits per heavy atom. The van der Waals surface area contributed by atoms with E-state index in [1.807, 2.05) is 13.8 Å². The normalized spacial score (nSPS) is 11.0. The molecule has 0 saturated carbocycles. The maximum absolute atomic E-state index is 11.5. The van der Waals surface area contributed by atoms with Crippen molar-refractivity contribution in [2.45, 2.75) is 58.4 Å². The lowest BCUT2D eigenvalue weighted by Crippen LogP contribution is -2.48. The van der Waals surface area contributed by atoms with Gasteiger partial charge in [-0.2, -0.15) is 0 Å². The molecule has 0 rings (SSSR count). The van der Waals surface area contributed by atoms with E-state index in [1.165, 1.54) is 0 Å². The first-order valence-electron chi connectivity index (χ1n) is 6.15. The van der Waals surface area contributed by atoms with Crippen molar-refractivity contribution in [1.82, 2.24) is 10.6 Å². The highest BCUT2D eigenvalue weighted by Crippen LogP contribution is 2.10. The zero-order valence-corrected chi connectivity index (χ0v) is 11.0. The van der Waals surface area contributed by atoms with Crippen LogP contribution in [0.2, 0.25) is 0 Å². The molecule has 0 spiro atoms. The molecule has 0 atom stereocenters. The molecule has 0 aliphatic heterocycles. The highest BCUT2D eigenvalue weighted by atomic mass is 16.4. The molecular weight excluding hydrogens is 220 g/mol. The molecule has 3 N–H and O–H groups in total. The Hall–Kier alpha value is -1.26. The van der Waals surface area contributed by atoms with Gasteiger partial charge in [0.2, 0.25) is 0 Å². The largest absolute Gasteiger partial charge is 0.481 e. The number of hydrogen-bond donors (Lipinski definition) is 3. The number of aliphatic carboxylic acids is 1. The minimum atomic E-state index is -0.844. The molecule has 0 heterocycles. The predicted molar refractivity (Wildman–Crippen MR) is 67.0 cm³/mol. The highest BCUT2D eigenvalue weighted by molar-refractivity contribution is 5.74. The SMILES string of the molecule is CCCCCNC(=O)NC(C)(C)CCC(=O)O. The first-order valence-corrected chi connectivity index (χ1v) is 6.15. The van der Waals surface area contributed by atoms with E-state index < -0.39 is 11.5 Å². The van der Waals surface area contributed by atoms with Crippen LogP contribution in [0.5, 0.6) is 0 Å². The Labute approximate surface area is 103 Å². The smallest absolute Gasteiger partial charge is 0.315 e. The first-order chi connectivity index (χ1) is 7.87. The van der Waals surface area contributed by atoms with Gasteiger partial charge in [-0.15, -0.1) is 0 Å². The summed E-state index contributed by atoms with van der Waals surface area (Å²) in [6.07, 6.45) is 3.67. The fourth-order valence-electron chi connectivity index (χ4n) is 1.41. The fraction of sp³-hybridized carbons (Fsp3) is 0.833. The molecule has 100 valence electrons. The summed E-state index contributed by atoms with van der Waals surface area (Å²) >= 11 is 0. The number of nitrogens with one attached hydrogen (secondary N) is 2. The predicted octanol–water partition coefficient (Wildman–Crippen LogP) is 2.12. The first kappa shape index (κ1) is 15.7. The van der Waals surface area contributed by atoms with Crippen molar-refractivity contribution in [3.63, 3.8) is 0 Å². The summed E-state index contributed by atoms with van der Waals surface area (Å²) in [6, 6.07) is -0.225. The van der Waals surface area contributed by atoms with Gasteiger partial charge in [-0.05, 0) is 26.7 Å². The molecule has 0 fully saturated rings. The minimum absolute atomic E-state index is 0.0586. The number of carbonyl (C=O) groups excluding carboxylic acids is 1. The van der Waals surface area contributed by atoms with Crippen LogP contribution in [0.1, 0.15) is 52.9 Å². The van der Waals surface area contributed by atoms with Crippen molar-refractivity contribution in [1.29, 1.82) is 0 Å². The minimum Gasteiger partial charge on any atom is -0.481 e. The fourth-order valence-corrected chi connectivity index (χ4v) is 1.41. The Bertz CT molecular complexity index is 252. The third kappa shape index (κ3) is 9.66. The zero-order valence-electron chi connectivity index (χ0n) is 11.0. The van der Waals surface area contributed by atoms with Gasteiger partial charge in [0.25, 0.3) is 0 Å². The Morgan fingerprint density at radius 1 is 1.24 bits per heavy atom. The maximum Gasteiger partial charge on any atom is 0.315 e. The summed E-state index contributed by atoms with van der Waals surface area (Å²) in [5.41, 5.74) is -0.493. The Morgan fingerprint density at radius 3 is 2.41 bits per heavy atom. The second-order valence-corrected chi connectivity index (χ2v) is 4.87. The van der Waals surface area contributed by atoms with Crippen LogP contribution in [0.25, 0.3) is 0 Å². The molecule has 5 heteroatoms. The second-order valence-electron chi connectivity index (χ2n) is 4.87. The molecule has 0 aromatic heterocycles. The van der Waals surface area contributed by atoms with Crippen LogP contribution < -0.4 is 10.6 Å². The lowest BCUT2D eigenvalue weighted by atomic mass is 9.99. The van der Waals surface area contributed by atoms with E-state index in [9.17, 15) is 9.59 Å². The van der Waals surface area contributed by atoms with E-state index in [4.69, 9.17) is 5.11 Å². The number of rotatable bonds is 8. The van der Waals surface area contributed by atoms with Crippen molar-refractivity contribution < 1.29 is 14.7 Å². The highest BCUT2D eigenvalue weighted by Gasteiger charge is 2.21. The molecular formula is C12H24N2O3. The van der Waals surface area contributed by atoms with Crippen molar-refractivity contribution in [3.8, 4) is 0 Å². The van der Waals surface area contributed by atoms with E-state index >= 15 is 0 Å². The van der Waals surface area contributed by atoms with Crippen LogP contribution in [0.3, 0.4) is 0 Å². The molecule has 0 aliphatic rings. The number of carboxylic acids is 1. The quantitative estimate of drug-likeness (QED) is 0.572. The summed E-state index contributed by atoms with van der Waals surface area (Å²) in [5.74, 6) is -0.844. The van der Waals surface area contributed by atoms with Crippen LogP contribution in [0, 0.1) is 0 Å². The third-order valence-electron chi connectivity index (χ3n) is 2.48. The lowest BCUT2D eigenvalue weighted by molar-refractivity contribution is -0.137. The number of urea groups is 1. The number of hydrogen-bond acceptors (Lipinski definition) is 2. The van der Waals surface area contributed by atoms with Crippen LogP contribution >= 0.6 is 0 Å². The van der Waals surface area contributed by atoms with E-state index in [0.717, 1.165) is 19.3 Å². The summed E-state index contributed by atoms with van der Waals surface area (Å²) in [4.78, 5) is 21.9. The van der Waals surface area contributed by atoms with Gasteiger partial charge in [0, 0.05) is 18.5 Å². The number of carbonyl (C=O) groups is 2. The number of carboxylic acid groups (broad SMARTS) is 1. The van der Waals surface area contributed by atoms with Gasteiger partial charge in [0.15, 0.2) is 0 Å². The Balaban J connectivity index is 3.80.